The van der Waals surface area contributed by atoms with Gasteiger partial charge in [0.05, 0.1) is 18.3 Å². The van der Waals surface area contributed by atoms with Gasteiger partial charge in [0.25, 0.3) is 0 Å². The zero-order valence-electron chi connectivity index (χ0n) is 14.4. The van der Waals surface area contributed by atoms with Gasteiger partial charge < -0.3 is 14.9 Å². The molecule has 1 saturated heterocycles. The summed E-state index contributed by atoms with van der Waals surface area (Å²) in [5, 5.41) is 9.69. The number of nitrogens with zero attached hydrogens (tertiary/aromatic N) is 3. The second-order valence-corrected chi connectivity index (χ2v) is 6.41. The van der Waals surface area contributed by atoms with E-state index in [-0.39, 0.29) is 5.91 Å². The lowest BCUT2D eigenvalue weighted by Crippen LogP contribution is -2.51. The van der Waals surface area contributed by atoms with Gasteiger partial charge >= 0.3 is 0 Å². The second kappa shape index (κ2) is 6.61. The minimum Gasteiger partial charge on any atom is -0.387 e. The first-order valence-corrected chi connectivity index (χ1v) is 8.22. The van der Waals surface area contributed by atoms with Crippen LogP contribution in [0.2, 0.25) is 0 Å². The number of anilines is 2. The Morgan fingerprint density at radius 2 is 1.83 bits per heavy atom. The lowest BCUT2D eigenvalue weighted by molar-refractivity contribution is -0.117. The van der Waals surface area contributed by atoms with Crippen LogP contribution in [-0.4, -0.2) is 35.6 Å². The summed E-state index contributed by atoms with van der Waals surface area (Å²) in [4.78, 5) is 20.9. The van der Waals surface area contributed by atoms with Crippen LogP contribution >= 0.6 is 0 Å². The second-order valence-electron chi connectivity index (χ2n) is 6.41. The van der Waals surface area contributed by atoms with Crippen LogP contribution in [0.5, 0.6) is 0 Å². The molecule has 5 nitrogen and oxygen atoms in total. The molecule has 0 bridgehead atoms. The smallest absolute Gasteiger partial charge is 0.246 e. The molecule has 2 aromatic rings. The normalized spacial score (nSPS) is 16.4. The number of piperazine rings is 1. The Kier molecular flexibility index (Phi) is 4.53. The SMILES string of the molecule is Cc1cc(C)cc(N2CCN(c3cccc([C@@H](C)O)n3)CC2=O)c1. The highest BCUT2D eigenvalue weighted by Gasteiger charge is 2.26. The van der Waals surface area contributed by atoms with Gasteiger partial charge in [0.15, 0.2) is 0 Å². The van der Waals surface area contributed by atoms with E-state index < -0.39 is 6.10 Å². The van der Waals surface area contributed by atoms with Crippen molar-refractivity contribution in [2.75, 3.05) is 29.4 Å². The van der Waals surface area contributed by atoms with Crippen molar-refractivity contribution < 1.29 is 9.90 Å². The predicted octanol–water partition coefficient (Wildman–Crippen LogP) is 2.60. The molecule has 1 amide bonds. The molecule has 1 N–H and O–H groups in total. The van der Waals surface area contributed by atoms with Gasteiger partial charge in [-0.2, -0.15) is 0 Å². The first kappa shape index (κ1) is 16.5. The molecule has 1 aliphatic heterocycles. The van der Waals surface area contributed by atoms with Gasteiger partial charge in [-0.1, -0.05) is 12.1 Å². The molecule has 0 aliphatic carbocycles. The van der Waals surface area contributed by atoms with E-state index in [9.17, 15) is 9.90 Å². The van der Waals surface area contributed by atoms with Crippen LogP contribution < -0.4 is 9.80 Å². The van der Waals surface area contributed by atoms with Gasteiger partial charge in [-0.3, -0.25) is 4.79 Å². The summed E-state index contributed by atoms with van der Waals surface area (Å²) in [6.07, 6.45) is -0.614. The minimum absolute atomic E-state index is 0.0653. The summed E-state index contributed by atoms with van der Waals surface area (Å²) in [6.45, 7) is 7.42. The third kappa shape index (κ3) is 3.41. The van der Waals surface area contributed by atoms with Crippen molar-refractivity contribution in [2.45, 2.75) is 26.9 Å². The van der Waals surface area contributed by atoms with Gasteiger partial charge in [0.2, 0.25) is 5.91 Å². The van der Waals surface area contributed by atoms with E-state index in [1.165, 1.54) is 0 Å². The van der Waals surface area contributed by atoms with E-state index in [1.807, 2.05) is 47.9 Å². The van der Waals surface area contributed by atoms with Crippen LogP contribution in [0.1, 0.15) is 29.8 Å². The quantitative estimate of drug-likeness (QED) is 0.942. The number of hydrogen-bond donors (Lipinski definition) is 1. The Bertz CT molecular complexity index is 738. The Balaban J connectivity index is 1.78. The number of carbonyl (C=O) groups is 1. The number of carbonyl (C=O) groups excluding carboxylic acids is 1. The van der Waals surface area contributed by atoms with Crippen molar-refractivity contribution in [1.29, 1.82) is 0 Å². The predicted molar refractivity (Wildman–Crippen MR) is 95.4 cm³/mol. The largest absolute Gasteiger partial charge is 0.387 e. The summed E-state index contributed by atoms with van der Waals surface area (Å²) in [6, 6.07) is 11.7. The molecule has 1 aromatic heterocycles. The zero-order valence-corrected chi connectivity index (χ0v) is 14.4. The molecule has 1 aliphatic rings. The monoisotopic (exact) mass is 325 g/mol. The number of amides is 1. The van der Waals surface area contributed by atoms with Crippen molar-refractivity contribution in [1.82, 2.24) is 4.98 Å². The molecule has 1 fully saturated rings. The topological polar surface area (TPSA) is 56.7 Å². The molecule has 24 heavy (non-hydrogen) atoms. The third-order valence-corrected chi connectivity index (χ3v) is 4.25. The molecule has 3 rings (SSSR count). The molecular weight excluding hydrogens is 302 g/mol. The lowest BCUT2D eigenvalue weighted by atomic mass is 10.1. The molecule has 0 saturated carbocycles. The molecular formula is C19H23N3O2. The molecule has 0 radical (unpaired) electrons. The van der Waals surface area contributed by atoms with Crippen LogP contribution in [0.3, 0.4) is 0 Å². The molecule has 2 heterocycles. The number of aliphatic hydroxyl groups is 1. The zero-order chi connectivity index (χ0) is 17.3. The molecule has 1 aromatic carbocycles. The van der Waals surface area contributed by atoms with Crippen LogP contribution in [0, 0.1) is 13.8 Å². The summed E-state index contributed by atoms with van der Waals surface area (Å²) in [5.74, 6) is 0.803. The fraction of sp³-hybridized carbons (Fsp3) is 0.368. The lowest BCUT2D eigenvalue weighted by Gasteiger charge is -2.35. The van der Waals surface area contributed by atoms with E-state index in [4.69, 9.17) is 0 Å². The van der Waals surface area contributed by atoms with Crippen LogP contribution in [-0.2, 0) is 4.79 Å². The third-order valence-electron chi connectivity index (χ3n) is 4.25. The Morgan fingerprint density at radius 3 is 2.46 bits per heavy atom. The summed E-state index contributed by atoms with van der Waals surface area (Å²) < 4.78 is 0. The molecule has 1 atom stereocenters. The minimum atomic E-state index is -0.614. The Hall–Kier alpha value is -2.40. The Morgan fingerprint density at radius 1 is 1.12 bits per heavy atom. The van der Waals surface area contributed by atoms with Crippen LogP contribution in [0.25, 0.3) is 0 Å². The van der Waals surface area contributed by atoms with Gasteiger partial charge in [0, 0.05) is 18.8 Å². The van der Waals surface area contributed by atoms with E-state index >= 15 is 0 Å². The first-order valence-electron chi connectivity index (χ1n) is 8.22. The number of rotatable bonds is 3. The number of aliphatic hydroxyl groups excluding tert-OH is 1. The van der Waals surface area contributed by atoms with Crippen LogP contribution in [0.4, 0.5) is 11.5 Å². The molecule has 0 spiro atoms. The summed E-state index contributed by atoms with van der Waals surface area (Å²) in [5.41, 5.74) is 3.90. The maximum absolute atomic E-state index is 12.6. The fourth-order valence-electron chi connectivity index (χ4n) is 3.10. The van der Waals surface area contributed by atoms with E-state index in [0.29, 0.717) is 18.8 Å². The molecule has 126 valence electrons. The summed E-state index contributed by atoms with van der Waals surface area (Å²) >= 11 is 0. The van der Waals surface area contributed by atoms with Crippen molar-refractivity contribution in [3.63, 3.8) is 0 Å². The van der Waals surface area contributed by atoms with Gasteiger partial charge in [-0.25, -0.2) is 4.98 Å². The number of aromatic nitrogens is 1. The van der Waals surface area contributed by atoms with Gasteiger partial charge in [0.1, 0.15) is 5.82 Å². The fourth-order valence-corrected chi connectivity index (χ4v) is 3.10. The van der Waals surface area contributed by atoms with E-state index in [0.717, 1.165) is 29.2 Å². The maximum atomic E-state index is 12.6. The van der Waals surface area contributed by atoms with E-state index in [2.05, 4.69) is 11.1 Å². The first-order chi connectivity index (χ1) is 11.4. The average Bonchev–Trinajstić information content (AvgIpc) is 2.54. The number of pyridine rings is 1. The highest BCUT2D eigenvalue weighted by Crippen LogP contribution is 2.23. The van der Waals surface area contributed by atoms with Crippen LogP contribution in [0.15, 0.2) is 36.4 Å². The molecule has 0 unspecified atom stereocenters. The van der Waals surface area contributed by atoms with Gasteiger partial charge in [-0.15, -0.1) is 0 Å². The molecule has 5 heteroatoms. The van der Waals surface area contributed by atoms with E-state index in [1.54, 1.807) is 13.0 Å². The van der Waals surface area contributed by atoms with Crippen molar-refractivity contribution in [3.8, 4) is 0 Å². The highest BCUT2D eigenvalue weighted by atomic mass is 16.3. The Labute approximate surface area is 142 Å². The van der Waals surface area contributed by atoms with Gasteiger partial charge in [-0.05, 0) is 56.2 Å². The standard InChI is InChI=1S/C19H23N3O2/c1-13-9-14(2)11-16(10-13)22-8-7-21(12-19(22)24)18-6-4-5-17(20-18)15(3)23/h4-6,9-11,15,23H,7-8,12H2,1-3H3/t15-/m1/s1. The summed E-state index contributed by atoms with van der Waals surface area (Å²) in [7, 11) is 0. The number of aryl methyl sites for hydroxylation is 2. The number of hydrogen-bond acceptors (Lipinski definition) is 4. The van der Waals surface area contributed by atoms with Crippen molar-refractivity contribution in [2.24, 2.45) is 0 Å². The maximum Gasteiger partial charge on any atom is 0.246 e. The highest BCUT2D eigenvalue weighted by molar-refractivity contribution is 5.97. The van der Waals surface area contributed by atoms with Crippen molar-refractivity contribution in [3.05, 3.63) is 53.2 Å². The van der Waals surface area contributed by atoms with Crippen molar-refractivity contribution >= 4 is 17.4 Å². The number of benzene rings is 1. The average molecular weight is 325 g/mol.